The highest BCUT2D eigenvalue weighted by molar-refractivity contribution is 7.10. The molecule has 1 aliphatic rings. The number of nitrogens with one attached hydrogen (secondary N) is 1. The van der Waals surface area contributed by atoms with Crippen molar-refractivity contribution in [3.05, 3.63) is 21.9 Å². The van der Waals surface area contributed by atoms with Crippen LogP contribution < -0.4 is 5.32 Å². The SMILES string of the molecule is CCc1ccsc1CN1CCCNC(C(C)CC)C1. The van der Waals surface area contributed by atoms with Crippen molar-refractivity contribution in [2.24, 2.45) is 5.92 Å². The molecular weight excluding hydrogens is 252 g/mol. The van der Waals surface area contributed by atoms with Gasteiger partial charge in [-0.25, -0.2) is 0 Å². The van der Waals surface area contributed by atoms with Gasteiger partial charge >= 0.3 is 0 Å². The van der Waals surface area contributed by atoms with Gasteiger partial charge in [0.25, 0.3) is 0 Å². The molecule has 2 unspecified atom stereocenters. The molecule has 1 fully saturated rings. The Labute approximate surface area is 122 Å². The van der Waals surface area contributed by atoms with Gasteiger partial charge in [-0.2, -0.15) is 0 Å². The van der Waals surface area contributed by atoms with Crippen LogP contribution in [0.5, 0.6) is 0 Å². The Bertz CT molecular complexity index is 375. The van der Waals surface area contributed by atoms with Gasteiger partial charge in [0.1, 0.15) is 0 Å². The molecule has 1 N–H and O–H groups in total. The first kappa shape index (κ1) is 15.0. The Hall–Kier alpha value is -0.380. The second kappa shape index (κ2) is 7.41. The lowest BCUT2D eigenvalue weighted by Gasteiger charge is -2.28. The molecule has 2 heterocycles. The van der Waals surface area contributed by atoms with E-state index in [-0.39, 0.29) is 0 Å². The molecule has 3 heteroatoms. The van der Waals surface area contributed by atoms with Crippen LogP contribution in [0, 0.1) is 5.92 Å². The molecule has 1 aromatic heterocycles. The summed E-state index contributed by atoms with van der Waals surface area (Å²) >= 11 is 1.93. The summed E-state index contributed by atoms with van der Waals surface area (Å²) in [6, 6.07) is 2.96. The average Bonchev–Trinajstić information content (AvgIpc) is 2.74. The maximum Gasteiger partial charge on any atom is 0.0331 e. The summed E-state index contributed by atoms with van der Waals surface area (Å²) in [6.45, 7) is 11.7. The Kier molecular flexibility index (Phi) is 5.86. The molecule has 1 aromatic rings. The zero-order valence-corrected chi connectivity index (χ0v) is 13.4. The number of nitrogens with zero attached hydrogens (tertiary/aromatic N) is 1. The number of hydrogen-bond donors (Lipinski definition) is 1. The van der Waals surface area contributed by atoms with E-state index in [1.54, 1.807) is 10.4 Å². The van der Waals surface area contributed by atoms with E-state index in [9.17, 15) is 0 Å². The fourth-order valence-electron chi connectivity index (χ4n) is 2.86. The molecule has 2 atom stereocenters. The fraction of sp³-hybridized carbons (Fsp3) is 0.750. The zero-order valence-electron chi connectivity index (χ0n) is 12.6. The first-order valence-corrected chi connectivity index (χ1v) is 8.63. The maximum absolute atomic E-state index is 3.73. The molecule has 1 saturated heterocycles. The summed E-state index contributed by atoms with van der Waals surface area (Å²) in [5.41, 5.74) is 1.54. The number of hydrogen-bond acceptors (Lipinski definition) is 3. The van der Waals surface area contributed by atoms with Gasteiger partial charge in [-0.3, -0.25) is 4.90 Å². The van der Waals surface area contributed by atoms with Crippen LogP contribution in [-0.2, 0) is 13.0 Å². The monoisotopic (exact) mass is 280 g/mol. The standard InChI is InChI=1S/C16H28N2S/c1-4-13(3)15-11-18(9-6-8-17-15)12-16-14(5-2)7-10-19-16/h7,10,13,15,17H,4-6,8-9,11-12H2,1-3H3. The zero-order chi connectivity index (χ0) is 13.7. The van der Waals surface area contributed by atoms with Crippen LogP contribution in [0.15, 0.2) is 11.4 Å². The third-order valence-corrected chi connectivity index (χ3v) is 5.38. The Morgan fingerprint density at radius 3 is 3.05 bits per heavy atom. The van der Waals surface area contributed by atoms with E-state index in [1.165, 1.54) is 38.9 Å². The van der Waals surface area contributed by atoms with Gasteiger partial charge in [0.15, 0.2) is 0 Å². The summed E-state index contributed by atoms with van der Waals surface area (Å²) in [4.78, 5) is 4.23. The lowest BCUT2D eigenvalue weighted by atomic mass is 9.99. The van der Waals surface area contributed by atoms with E-state index in [2.05, 4.69) is 42.4 Å². The molecule has 0 bridgehead atoms. The molecule has 0 aliphatic carbocycles. The van der Waals surface area contributed by atoms with Crippen molar-refractivity contribution in [2.75, 3.05) is 19.6 Å². The summed E-state index contributed by atoms with van der Waals surface area (Å²) < 4.78 is 0. The van der Waals surface area contributed by atoms with E-state index in [1.807, 2.05) is 11.3 Å². The van der Waals surface area contributed by atoms with Gasteiger partial charge in [-0.15, -0.1) is 11.3 Å². The normalized spacial score (nSPS) is 23.2. The summed E-state index contributed by atoms with van der Waals surface area (Å²) in [7, 11) is 0. The highest BCUT2D eigenvalue weighted by atomic mass is 32.1. The van der Waals surface area contributed by atoms with Crippen LogP contribution in [0.25, 0.3) is 0 Å². The van der Waals surface area contributed by atoms with E-state index in [0.717, 1.165) is 12.5 Å². The van der Waals surface area contributed by atoms with Crippen molar-refractivity contribution in [1.82, 2.24) is 10.2 Å². The first-order valence-electron chi connectivity index (χ1n) is 7.75. The molecule has 108 valence electrons. The number of rotatable bonds is 5. The summed E-state index contributed by atoms with van der Waals surface area (Å²) in [6.07, 6.45) is 3.71. The van der Waals surface area contributed by atoms with Crippen LogP contribution in [0.1, 0.15) is 44.1 Å². The van der Waals surface area contributed by atoms with Crippen molar-refractivity contribution in [1.29, 1.82) is 0 Å². The molecule has 0 aromatic carbocycles. The van der Waals surface area contributed by atoms with Crippen LogP contribution in [0.3, 0.4) is 0 Å². The smallest absolute Gasteiger partial charge is 0.0331 e. The van der Waals surface area contributed by atoms with Crippen LogP contribution in [-0.4, -0.2) is 30.6 Å². The first-order chi connectivity index (χ1) is 9.24. The van der Waals surface area contributed by atoms with E-state index >= 15 is 0 Å². The molecular formula is C16H28N2S. The average molecular weight is 280 g/mol. The van der Waals surface area contributed by atoms with Crippen molar-refractivity contribution in [2.45, 2.75) is 52.6 Å². The highest BCUT2D eigenvalue weighted by Gasteiger charge is 2.22. The summed E-state index contributed by atoms with van der Waals surface area (Å²) in [5, 5.41) is 5.98. The fourth-order valence-corrected chi connectivity index (χ4v) is 3.87. The lowest BCUT2D eigenvalue weighted by Crippen LogP contribution is -2.41. The van der Waals surface area contributed by atoms with Crippen molar-refractivity contribution in [3.63, 3.8) is 0 Å². The molecule has 0 saturated carbocycles. The largest absolute Gasteiger partial charge is 0.312 e. The second-order valence-corrected chi connectivity index (χ2v) is 6.76. The Morgan fingerprint density at radius 2 is 2.32 bits per heavy atom. The van der Waals surface area contributed by atoms with Crippen LogP contribution in [0.2, 0.25) is 0 Å². The minimum atomic E-state index is 0.664. The topological polar surface area (TPSA) is 15.3 Å². The molecule has 0 amide bonds. The molecule has 0 spiro atoms. The maximum atomic E-state index is 3.73. The lowest BCUT2D eigenvalue weighted by molar-refractivity contribution is 0.232. The van der Waals surface area contributed by atoms with Crippen molar-refractivity contribution in [3.8, 4) is 0 Å². The van der Waals surface area contributed by atoms with Crippen LogP contribution >= 0.6 is 11.3 Å². The van der Waals surface area contributed by atoms with E-state index < -0.39 is 0 Å². The van der Waals surface area contributed by atoms with Gasteiger partial charge in [-0.05, 0) is 48.9 Å². The predicted octanol–water partition coefficient (Wildman–Crippen LogP) is 3.52. The van der Waals surface area contributed by atoms with Gasteiger partial charge in [-0.1, -0.05) is 27.2 Å². The van der Waals surface area contributed by atoms with E-state index in [4.69, 9.17) is 0 Å². The third kappa shape index (κ3) is 4.04. The molecule has 1 aliphatic heterocycles. The molecule has 0 radical (unpaired) electrons. The molecule has 2 nitrogen and oxygen atoms in total. The van der Waals surface area contributed by atoms with Gasteiger partial charge in [0.2, 0.25) is 0 Å². The number of thiophene rings is 1. The second-order valence-electron chi connectivity index (χ2n) is 5.76. The minimum Gasteiger partial charge on any atom is -0.312 e. The van der Waals surface area contributed by atoms with Crippen molar-refractivity contribution >= 4 is 11.3 Å². The quantitative estimate of drug-likeness (QED) is 0.888. The predicted molar refractivity (Wildman–Crippen MR) is 84.8 cm³/mol. The van der Waals surface area contributed by atoms with Gasteiger partial charge < -0.3 is 5.32 Å². The Morgan fingerprint density at radius 1 is 1.47 bits per heavy atom. The van der Waals surface area contributed by atoms with Crippen LogP contribution in [0.4, 0.5) is 0 Å². The molecule has 19 heavy (non-hydrogen) atoms. The van der Waals surface area contributed by atoms with Gasteiger partial charge in [0.05, 0.1) is 0 Å². The summed E-state index contributed by atoms with van der Waals surface area (Å²) in [5.74, 6) is 0.773. The van der Waals surface area contributed by atoms with Gasteiger partial charge in [0, 0.05) is 24.0 Å². The minimum absolute atomic E-state index is 0.664. The molecule has 2 rings (SSSR count). The third-order valence-electron chi connectivity index (χ3n) is 4.43. The Balaban J connectivity index is 1.98. The van der Waals surface area contributed by atoms with Crippen molar-refractivity contribution < 1.29 is 0 Å². The van der Waals surface area contributed by atoms with E-state index in [0.29, 0.717) is 6.04 Å². The number of aryl methyl sites for hydroxylation is 1. The highest BCUT2D eigenvalue weighted by Crippen LogP contribution is 2.21.